The molecule has 0 bridgehead atoms. The number of aliphatic carboxylic acids is 1. The molecule has 2 heterocycles. The second-order valence-electron chi connectivity index (χ2n) is 7.79. The number of thiazole rings is 1. The van der Waals surface area contributed by atoms with Gasteiger partial charge in [0.15, 0.2) is 0 Å². The summed E-state index contributed by atoms with van der Waals surface area (Å²) in [5, 5.41) is 22.8. The zero-order valence-corrected chi connectivity index (χ0v) is 16.8. The van der Waals surface area contributed by atoms with E-state index in [0.29, 0.717) is 37.5 Å². The molecule has 0 unspecified atom stereocenters. The number of carbonyl (C=O) groups excluding carboxylic acids is 1. The number of aliphatic hydroxyl groups is 1. The van der Waals surface area contributed by atoms with Gasteiger partial charge in [-0.15, -0.1) is 11.3 Å². The standard InChI is InChI=1S/C18H29N3O4S/c1-12(2)5-7-18(17(24)25)11-21(8-6-14(18)22)16(23)13-10-26-15(19-13)9-20(3)4/h10,12,14,22H,5-9,11H2,1-4H3,(H,24,25)/t14-,18+/m0/s1. The van der Waals surface area contributed by atoms with Crippen LogP contribution in [0.1, 0.15) is 48.6 Å². The quantitative estimate of drug-likeness (QED) is 0.747. The Kier molecular flexibility index (Phi) is 6.76. The molecule has 0 aromatic carbocycles. The lowest BCUT2D eigenvalue weighted by atomic mass is 9.72. The number of likely N-dealkylation sites (tertiary alicyclic amines) is 1. The molecule has 7 nitrogen and oxygen atoms in total. The van der Waals surface area contributed by atoms with Crippen LogP contribution in [-0.2, 0) is 11.3 Å². The molecule has 1 fully saturated rings. The second-order valence-corrected chi connectivity index (χ2v) is 8.73. The fourth-order valence-electron chi connectivity index (χ4n) is 3.28. The number of carboxylic acid groups (broad SMARTS) is 1. The van der Waals surface area contributed by atoms with Crippen LogP contribution in [0.4, 0.5) is 0 Å². The summed E-state index contributed by atoms with van der Waals surface area (Å²) in [5.41, 5.74) is -0.952. The number of nitrogens with zero attached hydrogens (tertiary/aromatic N) is 3. The molecule has 2 atom stereocenters. The number of hydrogen-bond donors (Lipinski definition) is 2. The first-order chi connectivity index (χ1) is 12.2. The molecule has 1 aromatic rings. The fraction of sp³-hybridized carbons (Fsp3) is 0.722. The molecule has 1 aliphatic heterocycles. The monoisotopic (exact) mass is 383 g/mol. The third kappa shape index (κ3) is 4.61. The number of rotatable bonds is 7. The maximum Gasteiger partial charge on any atom is 0.314 e. The third-order valence-corrected chi connectivity index (χ3v) is 5.72. The molecule has 1 aliphatic rings. The molecule has 0 aliphatic carbocycles. The molecule has 0 radical (unpaired) electrons. The number of aliphatic hydroxyl groups excluding tert-OH is 1. The van der Waals surface area contributed by atoms with Crippen molar-refractivity contribution in [1.82, 2.24) is 14.8 Å². The van der Waals surface area contributed by atoms with Crippen LogP contribution in [0.25, 0.3) is 0 Å². The minimum atomic E-state index is -1.30. The van der Waals surface area contributed by atoms with Crippen LogP contribution in [0.5, 0.6) is 0 Å². The van der Waals surface area contributed by atoms with Gasteiger partial charge in [-0.05, 0) is 39.3 Å². The summed E-state index contributed by atoms with van der Waals surface area (Å²) in [4.78, 5) is 32.8. The van der Waals surface area contributed by atoms with Crippen molar-refractivity contribution in [3.8, 4) is 0 Å². The Morgan fingerprint density at radius 2 is 2.15 bits per heavy atom. The van der Waals surface area contributed by atoms with Crippen molar-refractivity contribution < 1.29 is 19.8 Å². The van der Waals surface area contributed by atoms with Crippen LogP contribution in [-0.4, -0.2) is 70.2 Å². The van der Waals surface area contributed by atoms with Crippen LogP contribution in [0.3, 0.4) is 0 Å². The number of aromatic nitrogens is 1. The Hall–Kier alpha value is -1.51. The first-order valence-electron chi connectivity index (χ1n) is 8.95. The van der Waals surface area contributed by atoms with Crippen molar-refractivity contribution in [3.05, 3.63) is 16.1 Å². The van der Waals surface area contributed by atoms with Gasteiger partial charge in [0.25, 0.3) is 5.91 Å². The summed E-state index contributed by atoms with van der Waals surface area (Å²) in [6.07, 6.45) is 0.371. The van der Waals surface area contributed by atoms with Gasteiger partial charge in [0.05, 0.1) is 6.10 Å². The van der Waals surface area contributed by atoms with Crippen LogP contribution < -0.4 is 0 Å². The molecule has 0 spiro atoms. The highest BCUT2D eigenvalue weighted by Gasteiger charge is 2.50. The maximum atomic E-state index is 12.8. The Balaban J connectivity index is 2.17. The lowest BCUT2D eigenvalue weighted by Crippen LogP contribution is -2.57. The van der Waals surface area contributed by atoms with E-state index >= 15 is 0 Å². The Bertz CT molecular complexity index is 646. The molecular formula is C18H29N3O4S. The van der Waals surface area contributed by atoms with E-state index < -0.39 is 17.5 Å². The molecule has 26 heavy (non-hydrogen) atoms. The average molecular weight is 384 g/mol. The van der Waals surface area contributed by atoms with Crippen LogP contribution in [0.15, 0.2) is 5.38 Å². The summed E-state index contributed by atoms with van der Waals surface area (Å²) in [6.45, 7) is 5.07. The molecule has 1 amide bonds. The van der Waals surface area contributed by atoms with Crippen molar-refractivity contribution in [2.24, 2.45) is 11.3 Å². The predicted octanol–water partition coefficient (Wildman–Crippen LogP) is 1.92. The number of amides is 1. The van der Waals surface area contributed by atoms with E-state index in [-0.39, 0.29) is 18.9 Å². The SMILES string of the molecule is CC(C)CC[C@@]1(C(=O)O)CN(C(=O)c2csc(CN(C)C)n2)CC[C@@H]1O. The van der Waals surface area contributed by atoms with Crippen LogP contribution in [0.2, 0.25) is 0 Å². The number of carbonyl (C=O) groups is 2. The van der Waals surface area contributed by atoms with E-state index in [1.54, 1.807) is 5.38 Å². The molecular weight excluding hydrogens is 354 g/mol. The Labute approximate surface area is 158 Å². The molecule has 2 N–H and O–H groups in total. The van der Waals surface area contributed by atoms with Gasteiger partial charge in [0.2, 0.25) is 0 Å². The van der Waals surface area contributed by atoms with Gasteiger partial charge in [0.1, 0.15) is 16.1 Å². The van der Waals surface area contributed by atoms with Gasteiger partial charge in [0, 0.05) is 25.0 Å². The van der Waals surface area contributed by atoms with Crippen molar-refractivity contribution in [1.29, 1.82) is 0 Å². The van der Waals surface area contributed by atoms with E-state index in [1.807, 2.05) is 32.8 Å². The van der Waals surface area contributed by atoms with Gasteiger partial charge in [-0.3, -0.25) is 9.59 Å². The highest BCUT2D eigenvalue weighted by molar-refractivity contribution is 7.09. The molecule has 146 valence electrons. The topological polar surface area (TPSA) is 94.0 Å². The van der Waals surface area contributed by atoms with Gasteiger partial charge >= 0.3 is 5.97 Å². The molecule has 1 aromatic heterocycles. The Morgan fingerprint density at radius 1 is 1.46 bits per heavy atom. The predicted molar refractivity (Wildman–Crippen MR) is 100 cm³/mol. The van der Waals surface area contributed by atoms with E-state index in [0.717, 1.165) is 5.01 Å². The van der Waals surface area contributed by atoms with Crippen molar-refractivity contribution >= 4 is 23.2 Å². The smallest absolute Gasteiger partial charge is 0.314 e. The van der Waals surface area contributed by atoms with E-state index in [1.165, 1.54) is 16.2 Å². The Morgan fingerprint density at radius 3 is 2.73 bits per heavy atom. The normalized spacial score (nSPS) is 23.7. The minimum absolute atomic E-state index is 0.0234. The van der Waals surface area contributed by atoms with Gasteiger partial charge in [-0.2, -0.15) is 0 Å². The van der Waals surface area contributed by atoms with E-state index in [2.05, 4.69) is 4.98 Å². The third-order valence-electron chi connectivity index (χ3n) is 4.89. The van der Waals surface area contributed by atoms with Gasteiger partial charge in [-0.1, -0.05) is 13.8 Å². The highest BCUT2D eigenvalue weighted by atomic mass is 32.1. The minimum Gasteiger partial charge on any atom is -0.481 e. The number of hydrogen-bond acceptors (Lipinski definition) is 6. The number of carboxylic acids is 1. The van der Waals surface area contributed by atoms with Crippen LogP contribution >= 0.6 is 11.3 Å². The summed E-state index contributed by atoms with van der Waals surface area (Å²) < 4.78 is 0. The van der Waals surface area contributed by atoms with Crippen LogP contribution in [0, 0.1) is 11.3 Å². The molecule has 8 heteroatoms. The lowest BCUT2D eigenvalue weighted by Gasteiger charge is -2.43. The van der Waals surface area contributed by atoms with Crippen molar-refractivity contribution in [2.75, 3.05) is 27.2 Å². The zero-order chi connectivity index (χ0) is 19.5. The fourth-order valence-corrected chi connectivity index (χ4v) is 4.16. The van der Waals surface area contributed by atoms with Gasteiger partial charge < -0.3 is 20.0 Å². The zero-order valence-electron chi connectivity index (χ0n) is 15.9. The van der Waals surface area contributed by atoms with E-state index in [9.17, 15) is 19.8 Å². The van der Waals surface area contributed by atoms with E-state index in [4.69, 9.17) is 0 Å². The summed E-state index contributed by atoms with van der Waals surface area (Å²) in [6, 6.07) is 0. The van der Waals surface area contributed by atoms with Crippen molar-refractivity contribution in [2.45, 2.75) is 45.8 Å². The average Bonchev–Trinajstić information content (AvgIpc) is 3.00. The van der Waals surface area contributed by atoms with Crippen molar-refractivity contribution in [3.63, 3.8) is 0 Å². The highest BCUT2D eigenvalue weighted by Crippen LogP contribution is 2.37. The first-order valence-corrected chi connectivity index (χ1v) is 9.83. The number of piperidine rings is 1. The summed E-state index contributed by atoms with van der Waals surface area (Å²) >= 11 is 1.43. The maximum absolute atomic E-state index is 12.8. The summed E-state index contributed by atoms with van der Waals surface area (Å²) in [5.74, 6) is -0.959. The lowest BCUT2D eigenvalue weighted by molar-refractivity contribution is -0.163. The first kappa shape index (κ1) is 20.8. The molecule has 2 rings (SSSR count). The molecule has 1 saturated heterocycles. The molecule has 0 saturated carbocycles. The summed E-state index contributed by atoms with van der Waals surface area (Å²) in [7, 11) is 3.87. The largest absolute Gasteiger partial charge is 0.481 e. The second kappa shape index (κ2) is 8.45. The van der Waals surface area contributed by atoms with Gasteiger partial charge in [-0.25, -0.2) is 4.98 Å².